The first-order valence-corrected chi connectivity index (χ1v) is 31.8. The Kier molecular flexibility index (Phi) is 18.4. The summed E-state index contributed by atoms with van der Waals surface area (Å²) in [5, 5.41) is 2.68. The van der Waals surface area contributed by atoms with Gasteiger partial charge in [0.15, 0.2) is 23.0 Å². The van der Waals surface area contributed by atoms with E-state index >= 15 is 0 Å². The van der Waals surface area contributed by atoms with Crippen LogP contribution in [0.2, 0.25) is 51.4 Å². The number of nitrogens with one attached hydrogen (secondary N) is 1. The molecular formula is C51H73N5O12Si2. The summed E-state index contributed by atoms with van der Waals surface area (Å²) in [6, 6.07) is 7.17. The molecule has 17 nitrogen and oxygen atoms in total. The minimum Gasteiger partial charge on any atom is -0.493 e. The van der Waals surface area contributed by atoms with Gasteiger partial charge in [-0.3, -0.25) is 29.0 Å². The van der Waals surface area contributed by atoms with E-state index in [4.69, 9.17) is 33.2 Å². The molecule has 382 valence electrons. The first kappa shape index (κ1) is 53.7. The zero-order chi connectivity index (χ0) is 50.8. The number of hydrogen-bond acceptors (Lipinski definition) is 12. The highest BCUT2D eigenvalue weighted by atomic mass is 28.3. The number of unbranched alkanes of at least 4 members (excludes halogenated alkanes) is 2. The molecule has 0 radical (unpaired) electrons. The molecule has 4 heterocycles. The molecule has 70 heavy (non-hydrogen) atoms. The average Bonchev–Trinajstić information content (AvgIpc) is 3.87. The van der Waals surface area contributed by atoms with Crippen LogP contribution in [0.5, 0.6) is 23.0 Å². The van der Waals surface area contributed by atoms with Crippen LogP contribution in [0.3, 0.4) is 0 Å². The summed E-state index contributed by atoms with van der Waals surface area (Å²) >= 11 is 0. The summed E-state index contributed by atoms with van der Waals surface area (Å²) in [5.74, 6) is 0.391. The molecule has 4 aliphatic heterocycles. The summed E-state index contributed by atoms with van der Waals surface area (Å²) in [6.07, 6.45) is 7.67. The minimum absolute atomic E-state index is 0.00688. The van der Waals surface area contributed by atoms with Gasteiger partial charge in [0, 0.05) is 60.4 Å². The molecule has 0 spiro atoms. The Hall–Kier alpha value is -5.64. The third-order valence-electron chi connectivity index (χ3n) is 12.3. The Labute approximate surface area is 415 Å². The van der Waals surface area contributed by atoms with Crippen molar-refractivity contribution < 1.29 is 57.1 Å². The molecule has 6 rings (SSSR count). The second kappa shape index (κ2) is 24.0. The molecule has 0 aliphatic carbocycles. The lowest BCUT2D eigenvalue weighted by atomic mass is 10.1. The summed E-state index contributed by atoms with van der Waals surface area (Å²) < 4.78 is 41.9. The largest absolute Gasteiger partial charge is 0.493 e. The number of benzene rings is 2. The van der Waals surface area contributed by atoms with E-state index in [-0.39, 0.29) is 69.0 Å². The molecule has 0 aromatic heterocycles. The van der Waals surface area contributed by atoms with Crippen molar-refractivity contribution in [2.24, 2.45) is 0 Å². The molecule has 4 aliphatic rings. The molecule has 2 atom stereocenters. The standard InChI is InChI=1S/C51H73N5O12Si2/c1-11-17-68-51(61)52-16-15-20-67-44-28-38-40(56(34-64-22-24-70(8,9)10)50(60)42-26-36(3)32-54(42)48(38)58)30-46(44)66-19-14-12-13-18-65-45-29-39-37(27-43(45)62-4)47(57)53-31-35(2)25-41(53)49(59)55(39)33-63-21-23-69(5,6)7/h11,27-32,41-42H,1,12-26,33-34H2,2-10H3,(H,52,61)/t41-,42-/m0/s1. The van der Waals surface area contributed by atoms with Gasteiger partial charge in [0.1, 0.15) is 32.2 Å². The monoisotopic (exact) mass is 1000 g/mol. The second-order valence-corrected chi connectivity index (χ2v) is 31.9. The predicted molar refractivity (Wildman–Crippen MR) is 274 cm³/mol. The summed E-state index contributed by atoms with van der Waals surface area (Å²) in [4.78, 5) is 74.6. The Morgan fingerprint density at radius 1 is 0.657 bits per heavy atom. The Bertz CT molecular complexity index is 2330. The van der Waals surface area contributed by atoms with E-state index in [1.165, 1.54) is 23.0 Å². The fourth-order valence-corrected chi connectivity index (χ4v) is 9.86. The molecule has 0 unspecified atom stereocenters. The number of amides is 5. The van der Waals surface area contributed by atoms with Crippen molar-refractivity contribution >= 4 is 57.2 Å². The van der Waals surface area contributed by atoms with E-state index in [1.54, 1.807) is 46.5 Å². The molecule has 0 saturated carbocycles. The summed E-state index contributed by atoms with van der Waals surface area (Å²) in [7, 11) is -1.30. The van der Waals surface area contributed by atoms with Gasteiger partial charge in [0.25, 0.3) is 23.6 Å². The molecule has 2 aromatic rings. The Morgan fingerprint density at radius 3 is 1.56 bits per heavy atom. The lowest BCUT2D eigenvalue weighted by Gasteiger charge is -2.27. The highest BCUT2D eigenvalue weighted by Crippen LogP contribution is 2.42. The van der Waals surface area contributed by atoms with Crippen molar-refractivity contribution in [2.75, 3.05) is 76.6 Å². The van der Waals surface area contributed by atoms with Crippen LogP contribution >= 0.6 is 0 Å². The Morgan fingerprint density at radius 2 is 1.10 bits per heavy atom. The van der Waals surface area contributed by atoms with Crippen LogP contribution in [-0.4, -0.2) is 135 Å². The van der Waals surface area contributed by atoms with Crippen molar-refractivity contribution in [3.63, 3.8) is 0 Å². The average molecular weight is 1000 g/mol. The fraction of sp³-hybridized carbons (Fsp3) is 0.549. The van der Waals surface area contributed by atoms with Crippen molar-refractivity contribution in [3.05, 3.63) is 71.6 Å². The van der Waals surface area contributed by atoms with Gasteiger partial charge in [-0.15, -0.1) is 0 Å². The van der Waals surface area contributed by atoms with Crippen molar-refractivity contribution in [3.8, 4) is 23.0 Å². The van der Waals surface area contributed by atoms with Gasteiger partial charge in [-0.2, -0.15) is 0 Å². The summed E-state index contributed by atoms with van der Waals surface area (Å²) in [6.45, 7) is 23.1. The zero-order valence-electron chi connectivity index (χ0n) is 42.6. The number of alkyl carbamates (subject to hydrolysis) is 1. The van der Waals surface area contributed by atoms with Crippen LogP contribution in [-0.2, 0) is 23.8 Å². The normalized spacial score (nSPS) is 17.8. The van der Waals surface area contributed by atoms with Crippen molar-refractivity contribution in [2.45, 2.75) is 116 Å². The van der Waals surface area contributed by atoms with E-state index < -0.39 is 34.3 Å². The predicted octanol–water partition coefficient (Wildman–Crippen LogP) is 8.56. The smallest absolute Gasteiger partial charge is 0.407 e. The van der Waals surface area contributed by atoms with Crippen LogP contribution in [0.15, 0.2) is 60.5 Å². The second-order valence-electron chi connectivity index (χ2n) is 20.7. The first-order valence-electron chi connectivity index (χ1n) is 24.4. The number of rotatable bonds is 26. The first-order chi connectivity index (χ1) is 33.3. The minimum atomic E-state index is -1.42. The number of carbonyl (C=O) groups is 5. The van der Waals surface area contributed by atoms with Crippen LogP contribution in [0.4, 0.5) is 16.2 Å². The molecule has 5 amide bonds. The van der Waals surface area contributed by atoms with E-state index in [0.29, 0.717) is 98.3 Å². The van der Waals surface area contributed by atoms with Gasteiger partial charge in [0.2, 0.25) is 0 Å². The number of hydrogen-bond donors (Lipinski definition) is 1. The Balaban J connectivity index is 1.15. The molecule has 19 heteroatoms. The number of nitrogens with zero attached hydrogens (tertiary/aromatic N) is 4. The van der Waals surface area contributed by atoms with E-state index in [0.717, 1.165) is 23.2 Å². The van der Waals surface area contributed by atoms with Gasteiger partial charge >= 0.3 is 6.09 Å². The number of fused-ring (bicyclic) bond motifs is 4. The number of methoxy groups -OCH3 is 1. The number of ether oxygens (including phenoxy) is 7. The van der Waals surface area contributed by atoms with E-state index in [1.807, 2.05) is 13.8 Å². The van der Waals surface area contributed by atoms with Gasteiger partial charge in [-0.1, -0.05) is 63.1 Å². The number of carbonyl (C=O) groups excluding carboxylic acids is 5. The fourth-order valence-electron chi connectivity index (χ4n) is 8.35. The molecule has 0 bridgehead atoms. The van der Waals surface area contributed by atoms with Crippen molar-refractivity contribution in [1.82, 2.24) is 15.1 Å². The van der Waals surface area contributed by atoms with Gasteiger partial charge in [-0.05, 0) is 76.6 Å². The van der Waals surface area contributed by atoms with Gasteiger partial charge in [0.05, 0.1) is 49.4 Å². The zero-order valence-corrected chi connectivity index (χ0v) is 44.6. The molecule has 1 N–H and O–H groups in total. The quantitative estimate of drug-likeness (QED) is 0.0541. The van der Waals surface area contributed by atoms with Gasteiger partial charge < -0.3 is 48.3 Å². The van der Waals surface area contributed by atoms with Crippen molar-refractivity contribution in [1.29, 1.82) is 0 Å². The lowest BCUT2D eigenvalue weighted by molar-refractivity contribution is -0.123. The van der Waals surface area contributed by atoms with Gasteiger partial charge in [-0.25, -0.2) is 4.79 Å². The molecule has 0 fully saturated rings. The van der Waals surface area contributed by atoms with Crippen LogP contribution in [0.25, 0.3) is 0 Å². The maximum absolute atomic E-state index is 14.2. The summed E-state index contributed by atoms with van der Waals surface area (Å²) in [5.41, 5.74) is 3.29. The SMILES string of the molecule is C=CCOC(=O)NCCCOc1cc2c(cc1OCCCCCOc1cc3c(cc1OC)C(=O)N1C=C(C)C[C@H]1C(=O)N3COCC[Si](C)(C)C)N(COCC[Si](C)(C)C)C(=O)[C@@H]1CC(C)=CN1C2=O. The molecular weight excluding hydrogens is 931 g/mol. The third-order valence-corrected chi connectivity index (χ3v) is 15.7. The third kappa shape index (κ3) is 13.8. The lowest BCUT2D eigenvalue weighted by Crippen LogP contribution is -2.45. The van der Waals surface area contributed by atoms with Crippen LogP contribution in [0.1, 0.15) is 73.1 Å². The van der Waals surface area contributed by atoms with E-state index in [9.17, 15) is 24.0 Å². The topological polar surface area (TPSA) is 175 Å². The highest BCUT2D eigenvalue weighted by molar-refractivity contribution is 6.76. The van der Waals surface area contributed by atoms with Crippen LogP contribution in [0, 0.1) is 0 Å². The van der Waals surface area contributed by atoms with Crippen LogP contribution < -0.4 is 34.1 Å². The maximum atomic E-state index is 14.2. The maximum Gasteiger partial charge on any atom is 0.407 e. The highest BCUT2D eigenvalue weighted by Gasteiger charge is 2.44. The van der Waals surface area contributed by atoms with E-state index in [2.05, 4.69) is 51.2 Å². The number of anilines is 2. The molecule has 0 saturated heterocycles. The molecule has 2 aromatic carbocycles.